The van der Waals surface area contributed by atoms with Gasteiger partial charge >= 0.3 is 0 Å². The Kier molecular flexibility index (Phi) is 4.37. The van der Waals surface area contributed by atoms with Crippen LogP contribution >= 0.6 is 0 Å². The van der Waals surface area contributed by atoms with Crippen molar-refractivity contribution in [3.63, 3.8) is 0 Å². The van der Waals surface area contributed by atoms with Gasteiger partial charge in [0.25, 0.3) is 0 Å². The molecule has 1 fully saturated rings. The lowest BCUT2D eigenvalue weighted by atomic mass is 9.94. The van der Waals surface area contributed by atoms with Crippen molar-refractivity contribution in [3.8, 4) is 0 Å². The van der Waals surface area contributed by atoms with Crippen molar-refractivity contribution >= 4 is 5.91 Å². The van der Waals surface area contributed by atoms with Crippen LogP contribution in [-0.2, 0) is 4.79 Å². The van der Waals surface area contributed by atoms with E-state index in [1.54, 1.807) is 0 Å². The molecule has 0 aromatic heterocycles. The number of carbonyl (C=O) groups excluding carboxylic acids is 1. The zero-order valence-electron chi connectivity index (χ0n) is 11.1. The summed E-state index contributed by atoms with van der Waals surface area (Å²) < 4.78 is 0. The maximum absolute atomic E-state index is 12.3. The quantitative estimate of drug-likeness (QED) is 0.852. The molecule has 0 radical (unpaired) electrons. The van der Waals surface area contributed by atoms with Gasteiger partial charge in [0.2, 0.25) is 5.91 Å². The van der Waals surface area contributed by atoms with Gasteiger partial charge in [0.1, 0.15) is 0 Å². The second kappa shape index (κ2) is 6.01. The molecule has 18 heavy (non-hydrogen) atoms. The zero-order valence-corrected chi connectivity index (χ0v) is 11.1. The minimum Gasteiger partial charge on any atom is -0.351 e. The summed E-state index contributed by atoms with van der Waals surface area (Å²) in [5, 5.41) is 6.49. The first-order valence-corrected chi connectivity index (χ1v) is 6.78. The van der Waals surface area contributed by atoms with Crippen LogP contribution in [0.25, 0.3) is 0 Å². The Bertz CT molecular complexity index is 391. The molecule has 0 saturated carbocycles. The normalized spacial score (nSPS) is 24.8. The summed E-state index contributed by atoms with van der Waals surface area (Å²) in [6, 6.07) is 10.3. The van der Waals surface area contributed by atoms with Crippen LogP contribution in [0.1, 0.15) is 31.7 Å². The van der Waals surface area contributed by atoms with Crippen LogP contribution in [-0.4, -0.2) is 25.0 Å². The van der Waals surface area contributed by atoms with Gasteiger partial charge in [-0.25, -0.2) is 0 Å². The number of hydrogen-bond acceptors (Lipinski definition) is 2. The number of rotatable bonds is 4. The summed E-state index contributed by atoms with van der Waals surface area (Å²) in [6.07, 6.45) is 0.838. The molecule has 1 heterocycles. The van der Waals surface area contributed by atoms with Gasteiger partial charge in [-0.3, -0.25) is 4.79 Å². The highest BCUT2D eigenvalue weighted by molar-refractivity contribution is 5.83. The van der Waals surface area contributed by atoms with E-state index in [4.69, 9.17) is 0 Å². The Balaban J connectivity index is 2.02. The molecule has 1 aliphatic heterocycles. The Morgan fingerprint density at radius 1 is 1.39 bits per heavy atom. The molecule has 0 spiro atoms. The number of carbonyl (C=O) groups is 1. The fraction of sp³-hybridized carbons (Fsp3) is 0.533. The van der Waals surface area contributed by atoms with Crippen molar-refractivity contribution in [2.24, 2.45) is 5.92 Å². The molecule has 3 atom stereocenters. The number of benzene rings is 1. The highest BCUT2D eigenvalue weighted by Gasteiger charge is 2.27. The lowest BCUT2D eigenvalue weighted by Crippen LogP contribution is -2.41. The van der Waals surface area contributed by atoms with Crippen molar-refractivity contribution < 1.29 is 4.79 Å². The minimum absolute atomic E-state index is 0.0287. The van der Waals surface area contributed by atoms with Crippen LogP contribution in [0.3, 0.4) is 0 Å². The summed E-state index contributed by atoms with van der Waals surface area (Å²) >= 11 is 0. The molecular formula is C15H22N2O. The Morgan fingerprint density at radius 3 is 2.67 bits per heavy atom. The van der Waals surface area contributed by atoms with E-state index in [2.05, 4.69) is 24.5 Å². The van der Waals surface area contributed by atoms with Crippen LogP contribution in [0.5, 0.6) is 0 Å². The van der Waals surface area contributed by atoms with E-state index in [0.717, 1.165) is 25.1 Å². The van der Waals surface area contributed by atoms with Gasteiger partial charge in [0, 0.05) is 12.6 Å². The molecule has 1 aromatic carbocycles. The fourth-order valence-corrected chi connectivity index (χ4v) is 2.54. The summed E-state index contributed by atoms with van der Waals surface area (Å²) in [6.45, 7) is 6.12. The standard InChI is InChI=1S/C15H22N2O/c1-3-13(12-7-5-4-6-8-12)15(18)17-14-10-16-9-11(14)2/h4-8,11,13-14,16H,3,9-10H2,1-2H3,(H,17,18). The molecule has 0 bridgehead atoms. The predicted molar refractivity (Wildman–Crippen MR) is 73.4 cm³/mol. The van der Waals surface area contributed by atoms with Gasteiger partial charge < -0.3 is 10.6 Å². The topological polar surface area (TPSA) is 41.1 Å². The largest absolute Gasteiger partial charge is 0.351 e. The van der Waals surface area contributed by atoms with Crippen molar-refractivity contribution in [3.05, 3.63) is 35.9 Å². The van der Waals surface area contributed by atoms with Gasteiger partial charge in [0.15, 0.2) is 0 Å². The molecule has 3 unspecified atom stereocenters. The molecule has 1 aliphatic rings. The summed E-state index contributed by atoms with van der Waals surface area (Å²) in [7, 11) is 0. The molecular weight excluding hydrogens is 224 g/mol. The third kappa shape index (κ3) is 2.91. The monoisotopic (exact) mass is 246 g/mol. The average Bonchev–Trinajstić information content (AvgIpc) is 2.77. The molecule has 98 valence electrons. The Hall–Kier alpha value is -1.35. The van der Waals surface area contributed by atoms with Crippen molar-refractivity contribution in [2.75, 3.05) is 13.1 Å². The smallest absolute Gasteiger partial charge is 0.227 e. The second-order valence-electron chi connectivity index (χ2n) is 5.12. The van der Waals surface area contributed by atoms with E-state index in [1.807, 2.05) is 30.3 Å². The molecule has 2 N–H and O–H groups in total. The summed E-state index contributed by atoms with van der Waals surface area (Å²) in [5.41, 5.74) is 1.11. The average molecular weight is 246 g/mol. The van der Waals surface area contributed by atoms with Gasteiger partial charge in [-0.05, 0) is 24.4 Å². The van der Waals surface area contributed by atoms with Gasteiger partial charge in [-0.2, -0.15) is 0 Å². The third-order valence-corrected chi connectivity index (χ3v) is 3.77. The zero-order chi connectivity index (χ0) is 13.0. The molecule has 2 rings (SSSR count). The van der Waals surface area contributed by atoms with E-state index in [-0.39, 0.29) is 17.9 Å². The number of hydrogen-bond donors (Lipinski definition) is 2. The highest BCUT2D eigenvalue weighted by atomic mass is 16.2. The molecule has 1 amide bonds. The van der Waals surface area contributed by atoms with Crippen molar-refractivity contribution in [1.29, 1.82) is 0 Å². The van der Waals surface area contributed by atoms with Crippen molar-refractivity contribution in [2.45, 2.75) is 32.2 Å². The first-order valence-electron chi connectivity index (χ1n) is 6.78. The van der Waals surface area contributed by atoms with E-state index >= 15 is 0 Å². The predicted octanol–water partition coefficient (Wildman–Crippen LogP) is 1.90. The van der Waals surface area contributed by atoms with Crippen molar-refractivity contribution in [1.82, 2.24) is 10.6 Å². The van der Waals surface area contributed by atoms with E-state index in [9.17, 15) is 4.79 Å². The van der Waals surface area contributed by atoms with E-state index in [1.165, 1.54) is 0 Å². The highest BCUT2D eigenvalue weighted by Crippen LogP contribution is 2.20. The molecule has 3 nitrogen and oxygen atoms in total. The second-order valence-corrected chi connectivity index (χ2v) is 5.12. The number of nitrogens with one attached hydrogen (secondary N) is 2. The van der Waals surface area contributed by atoms with Crippen LogP contribution < -0.4 is 10.6 Å². The van der Waals surface area contributed by atoms with Crippen LogP contribution in [0.4, 0.5) is 0 Å². The molecule has 1 saturated heterocycles. The third-order valence-electron chi connectivity index (χ3n) is 3.77. The van der Waals surface area contributed by atoms with Gasteiger partial charge in [0.05, 0.1) is 5.92 Å². The maximum Gasteiger partial charge on any atom is 0.227 e. The number of amides is 1. The summed E-state index contributed by atoms with van der Waals surface area (Å²) in [5.74, 6) is 0.644. The SMILES string of the molecule is CCC(C(=O)NC1CNCC1C)c1ccccc1. The van der Waals surface area contributed by atoms with Gasteiger partial charge in [-0.1, -0.05) is 44.2 Å². The lowest BCUT2D eigenvalue weighted by Gasteiger charge is -2.21. The molecule has 0 aliphatic carbocycles. The lowest BCUT2D eigenvalue weighted by molar-refractivity contribution is -0.123. The van der Waals surface area contributed by atoms with Gasteiger partial charge in [-0.15, -0.1) is 0 Å². The van der Waals surface area contributed by atoms with Crippen LogP contribution in [0, 0.1) is 5.92 Å². The minimum atomic E-state index is -0.0287. The van der Waals surface area contributed by atoms with Crippen LogP contribution in [0.2, 0.25) is 0 Å². The van der Waals surface area contributed by atoms with E-state index < -0.39 is 0 Å². The fourth-order valence-electron chi connectivity index (χ4n) is 2.54. The van der Waals surface area contributed by atoms with E-state index in [0.29, 0.717) is 5.92 Å². The first kappa shape index (κ1) is 13.1. The molecule has 3 heteroatoms. The maximum atomic E-state index is 12.3. The Morgan fingerprint density at radius 2 is 2.11 bits per heavy atom. The Labute approximate surface area is 109 Å². The first-order chi connectivity index (χ1) is 8.72. The molecule has 1 aromatic rings. The van der Waals surface area contributed by atoms with Crippen LogP contribution in [0.15, 0.2) is 30.3 Å². The summed E-state index contributed by atoms with van der Waals surface area (Å²) in [4.78, 5) is 12.3.